The van der Waals surface area contributed by atoms with Crippen molar-refractivity contribution in [2.45, 2.75) is 83.8 Å². The zero-order valence-electron chi connectivity index (χ0n) is 26.1. The first-order chi connectivity index (χ1) is 20.6. The summed E-state index contributed by atoms with van der Waals surface area (Å²) in [5.74, 6) is -0.821. The molecule has 0 saturated carbocycles. The Labute approximate surface area is 257 Å². The Hall–Kier alpha value is -3.23. The first-order valence-corrected chi connectivity index (χ1v) is 15.4. The van der Waals surface area contributed by atoms with Crippen molar-refractivity contribution in [3.8, 4) is 5.75 Å². The van der Waals surface area contributed by atoms with Gasteiger partial charge in [0.2, 0.25) is 0 Å². The van der Waals surface area contributed by atoms with Crippen LogP contribution in [-0.2, 0) is 23.2 Å². The Morgan fingerprint density at radius 1 is 0.860 bits per heavy atom. The van der Waals surface area contributed by atoms with Crippen LogP contribution < -0.4 is 5.32 Å². The molecule has 0 saturated heterocycles. The lowest BCUT2D eigenvalue weighted by Gasteiger charge is -2.18. The molecule has 0 radical (unpaired) electrons. The zero-order chi connectivity index (χ0) is 31.5. The molecule has 0 fully saturated rings. The normalized spacial score (nSPS) is 11.9. The van der Waals surface area contributed by atoms with E-state index in [4.69, 9.17) is 9.84 Å². The molecule has 1 atom stereocenters. The average Bonchev–Trinajstić information content (AvgIpc) is 3.00. The van der Waals surface area contributed by atoms with Crippen LogP contribution >= 0.6 is 0 Å². The number of unbranched alkanes of at least 4 members (excludes halogenated alkanes) is 4. The van der Waals surface area contributed by atoms with Gasteiger partial charge in [-0.1, -0.05) is 82.1 Å². The fraction of sp³-hybridized carbons (Fsp3) is 0.472. The number of hydrogen-bond acceptors (Lipinski definition) is 6. The van der Waals surface area contributed by atoms with Crippen molar-refractivity contribution < 1.29 is 30.0 Å². The number of hydrogen-bond donors (Lipinski definition) is 5. The van der Waals surface area contributed by atoms with Gasteiger partial charge in [-0.05, 0) is 85.0 Å². The fourth-order valence-electron chi connectivity index (χ4n) is 4.50. The third-order valence-corrected chi connectivity index (χ3v) is 7.23. The number of aromatic carboxylic acids is 1. The summed E-state index contributed by atoms with van der Waals surface area (Å²) in [7, 11) is 0. The Morgan fingerprint density at radius 2 is 1.51 bits per heavy atom. The molecule has 7 heteroatoms. The van der Waals surface area contributed by atoms with Crippen LogP contribution in [0, 0.1) is 0 Å². The van der Waals surface area contributed by atoms with Crippen molar-refractivity contribution in [2.75, 3.05) is 26.3 Å². The van der Waals surface area contributed by atoms with Crippen LogP contribution in [0.25, 0.3) is 0 Å². The molecule has 7 nitrogen and oxygen atoms in total. The number of carbonyl (C=O) groups is 1. The highest BCUT2D eigenvalue weighted by molar-refractivity contribution is 5.87. The summed E-state index contributed by atoms with van der Waals surface area (Å²) in [5, 5.41) is 40.9. The van der Waals surface area contributed by atoms with E-state index in [0.29, 0.717) is 23.2 Å². The van der Waals surface area contributed by atoms with Gasteiger partial charge < -0.3 is 30.5 Å². The van der Waals surface area contributed by atoms with E-state index < -0.39 is 12.1 Å². The first-order valence-electron chi connectivity index (χ1n) is 15.4. The summed E-state index contributed by atoms with van der Waals surface area (Å²) >= 11 is 0. The maximum atomic E-state index is 10.6. The van der Waals surface area contributed by atoms with Gasteiger partial charge in [0.05, 0.1) is 18.3 Å². The molecule has 0 aliphatic rings. The molecule has 3 rings (SSSR count). The second-order valence-electron chi connectivity index (χ2n) is 11.9. The third kappa shape index (κ3) is 14.7. The van der Waals surface area contributed by atoms with E-state index in [1.54, 1.807) is 24.3 Å². The van der Waals surface area contributed by atoms with Crippen LogP contribution in [0.3, 0.4) is 0 Å². The number of aliphatic hydroxyl groups excluding tert-OH is 2. The van der Waals surface area contributed by atoms with Gasteiger partial charge >= 0.3 is 5.97 Å². The summed E-state index contributed by atoms with van der Waals surface area (Å²) in [6, 6.07) is 22.4. The fourth-order valence-corrected chi connectivity index (χ4v) is 4.50. The molecule has 0 aromatic heterocycles. The minimum atomic E-state index is -0.875. The van der Waals surface area contributed by atoms with E-state index in [2.05, 4.69) is 56.4 Å². The predicted octanol–water partition coefficient (Wildman–Crippen LogP) is 6.79. The molecule has 0 amide bonds. The SMILES string of the molecule is CC(C)(C)c1ccc(C(=O)O)cc1.OCc1cc(C(O)CNCCCCCCOCCCCc2ccccc2)ccc1O. The van der Waals surface area contributed by atoms with Crippen molar-refractivity contribution in [3.63, 3.8) is 0 Å². The number of nitrogens with one attached hydrogen (secondary N) is 1. The summed E-state index contributed by atoms with van der Waals surface area (Å²) < 4.78 is 5.72. The molecule has 3 aromatic rings. The molecule has 5 N–H and O–H groups in total. The van der Waals surface area contributed by atoms with E-state index in [1.807, 2.05) is 12.1 Å². The van der Waals surface area contributed by atoms with Crippen LogP contribution in [0.4, 0.5) is 0 Å². The van der Waals surface area contributed by atoms with Gasteiger partial charge in [-0.25, -0.2) is 4.79 Å². The van der Waals surface area contributed by atoms with Gasteiger partial charge in [0, 0.05) is 25.3 Å². The molecule has 0 bridgehead atoms. The van der Waals surface area contributed by atoms with Crippen LogP contribution in [0.2, 0.25) is 0 Å². The smallest absolute Gasteiger partial charge is 0.335 e. The zero-order valence-corrected chi connectivity index (χ0v) is 26.1. The summed E-state index contributed by atoms with van der Waals surface area (Å²) in [5.41, 5.74) is 4.11. The Morgan fingerprint density at radius 3 is 2.14 bits per heavy atom. The number of carboxylic acids is 1. The highest BCUT2D eigenvalue weighted by Gasteiger charge is 2.13. The molecule has 1 unspecified atom stereocenters. The van der Waals surface area contributed by atoms with Crippen molar-refractivity contribution in [3.05, 3.63) is 101 Å². The lowest BCUT2D eigenvalue weighted by atomic mass is 9.87. The highest BCUT2D eigenvalue weighted by Crippen LogP contribution is 2.23. The van der Waals surface area contributed by atoms with Gasteiger partial charge in [0.1, 0.15) is 5.75 Å². The standard InChI is InChI=1S/C25H37NO4.C11H14O2/c27-20-23-18-22(13-14-24(23)28)25(29)19-26-15-7-1-2-8-16-30-17-9-6-12-21-10-4-3-5-11-21;1-11(2,3)9-6-4-8(5-7-9)10(12)13/h3-5,10-11,13-14,18,25-29H,1-2,6-9,12,15-17,19-20H2;4-7H,1-3H3,(H,12,13). The maximum Gasteiger partial charge on any atom is 0.335 e. The summed E-state index contributed by atoms with van der Waals surface area (Å²) in [6.45, 7) is 9.07. The average molecular weight is 594 g/mol. The molecule has 236 valence electrons. The maximum absolute atomic E-state index is 10.6. The highest BCUT2D eigenvalue weighted by atomic mass is 16.5. The number of benzene rings is 3. The number of carboxylic acid groups (broad SMARTS) is 1. The van der Waals surface area contributed by atoms with Gasteiger partial charge in [-0.2, -0.15) is 0 Å². The quantitative estimate of drug-likeness (QED) is 0.109. The molecule has 43 heavy (non-hydrogen) atoms. The second kappa shape index (κ2) is 19.9. The van der Waals surface area contributed by atoms with E-state index >= 15 is 0 Å². The summed E-state index contributed by atoms with van der Waals surface area (Å²) in [4.78, 5) is 10.6. The number of aromatic hydroxyl groups is 1. The topological polar surface area (TPSA) is 119 Å². The van der Waals surface area contributed by atoms with Gasteiger partial charge in [-0.15, -0.1) is 0 Å². The lowest BCUT2D eigenvalue weighted by Crippen LogP contribution is -2.22. The van der Waals surface area contributed by atoms with Crippen molar-refractivity contribution in [2.24, 2.45) is 0 Å². The van der Waals surface area contributed by atoms with E-state index in [1.165, 1.54) is 18.1 Å². The Balaban J connectivity index is 0.000000413. The number of phenols is 1. The van der Waals surface area contributed by atoms with Crippen LogP contribution in [0.1, 0.15) is 98.0 Å². The molecular weight excluding hydrogens is 542 g/mol. The Bertz CT molecular complexity index is 1170. The number of aliphatic hydroxyl groups is 2. The van der Waals surface area contributed by atoms with Crippen LogP contribution in [0.15, 0.2) is 72.8 Å². The molecule has 0 heterocycles. The Kier molecular flexibility index (Phi) is 16.6. The summed E-state index contributed by atoms with van der Waals surface area (Å²) in [6.07, 6.45) is 7.24. The third-order valence-electron chi connectivity index (χ3n) is 7.23. The minimum absolute atomic E-state index is 0.0533. The van der Waals surface area contributed by atoms with E-state index in [9.17, 15) is 20.1 Å². The minimum Gasteiger partial charge on any atom is -0.508 e. The van der Waals surface area contributed by atoms with Gasteiger partial charge in [0.25, 0.3) is 0 Å². The molecule has 0 aliphatic heterocycles. The van der Waals surface area contributed by atoms with Crippen molar-refractivity contribution in [1.82, 2.24) is 5.32 Å². The molecule has 0 aliphatic carbocycles. The largest absolute Gasteiger partial charge is 0.508 e. The monoisotopic (exact) mass is 593 g/mol. The molecule has 3 aromatic carbocycles. The van der Waals surface area contributed by atoms with Crippen molar-refractivity contribution in [1.29, 1.82) is 0 Å². The van der Waals surface area contributed by atoms with E-state index in [0.717, 1.165) is 63.8 Å². The number of rotatable bonds is 17. The molecular formula is C36H51NO6. The van der Waals surface area contributed by atoms with E-state index in [-0.39, 0.29) is 17.8 Å². The van der Waals surface area contributed by atoms with Gasteiger partial charge in [0.15, 0.2) is 0 Å². The van der Waals surface area contributed by atoms with Gasteiger partial charge in [-0.3, -0.25) is 0 Å². The number of ether oxygens (including phenoxy) is 1. The molecule has 0 spiro atoms. The van der Waals surface area contributed by atoms with Crippen LogP contribution in [-0.4, -0.2) is 52.7 Å². The first kappa shape index (κ1) is 36.0. The predicted molar refractivity (Wildman–Crippen MR) is 173 cm³/mol. The van der Waals surface area contributed by atoms with Crippen molar-refractivity contribution >= 4 is 5.97 Å². The van der Waals surface area contributed by atoms with Crippen LogP contribution in [0.5, 0.6) is 5.75 Å². The lowest BCUT2D eigenvalue weighted by molar-refractivity contribution is 0.0696. The number of aryl methyl sites for hydroxylation is 1. The second-order valence-corrected chi connectivity index (χ2v) is 11.9.